The summed E-state index contributed by atoms with van der Waals surface area (Å²) in [4.78, 5) is 15.8. The van der Waals surface area contributed by atoms with Gasteiger partial charge >= 0.3 is 0 Å². The van der Waals surface area contributed by atoms with Crippen LogP contribution in [0.3, 0.4) is 0 Å². The summed E-state index contributed by atoms with van der Waals surface area (Å²) in [6, 6.07) is 79.3. The Morgan fingerprint density at radius 2 is 0.645 bits per heavy atom. The third-order valence-corrected chi connectivity index (χ3v) is 12.0. The summed E-state index contributed by atoms with van der Waals surface area (Å²) >= 11 is 0. The van der Waals surface area contributed by atoms with Crippen molar-refractivity contribution in [3.05, 3.63) is 224 Å². The van der Waals surface area contributed by atoms with Crippen molar-refractivity contribution in [1.82, 2.24) is 24.1 Å². The van der Waals surface area contributed by atoms with Crippen molar-refractivity contribution in [2.45, 2.75) is 0 Å². The van der Waals surface area contributed by atoms with Gasteiger partial charge in [-0.3, -0.25) is 4.57 Å². The van der Waals surface area contributed by atoms with E-state index in [1.165, 1.54) is 22.1 Å². The van der Waals surface area contributed by atoms with E-state index in [4.69, 9.17) is 15.0 Å². The van der Waals surface area contributed by atoms with Crippen molar-refractivity contribution >= 4 is 43.6 Å². The van der Waals surface area contributed by atoms with Crippen LogP contribution in [0.5, 0.6) is 0 Å². The van der Waals surface area contributed by atoms with Crippen molar-refractivity contribution in [1.29, 1.82) is 0 Å². The molecule has 0 N–H and O–H groups in total. The fourth-order valence-electron chi connectivity index (χ4n) is 9.04. The van der Waals surface area contributed by atoms with E-state index in [9.17, 15) is 0 Å². The second kappa shape index (κ2) is 14.7. The standard InChI is InChI=1S/C57H37N5/c1-4-15-38(16-5-1)40-27-29-43(30-28-40)56-58-55(42-19-8-3-9-20-42)59-57(60-56)62-52-26-13-11-24-48(52)50-36-35-49-47-23-10-12-25-51(47)61(53(49)54(50)62)46-33-31-41(32-34-46)45-22-14-21-44(37-45)39-17-6-2-7-18-39/h1-37H. The quantitative estimate of drug-likeness (QED) is 0.162. The predicted octanol–water partition coefficient (Wildman–Crippen LogP) is 14.4. The molecule has 5 nitrogen and oxygen atoms in total. The number of para-hydroxylation sites is 2. The number of aromatic nitrogens is 5. The summed E-state index contributed by atoms with van der Waals surface area (Å²) in [7, 11) is 0. The minimum Gasteiger partial charge on any atom is -0.307 e. The highest BCUT2D eigenvalue weighted by Gasteiger charge is 2.23. The van der Waals surface area contributed by atoms with Gasteiger partial charge in [-0.25, -0.2) is 4.98 Å². The van der Waals surface area contributed by atoms with Crippen molar-refractivity contribution in [3.63, 3.8) is 0 Å². The number of benzene rings is 9. The Morgan fingerprint density at radius 1 is 0.258 bits per heavy atom. The van der Waals surface area contributed by atoms with Crippen LogP contribution < -0.4 is 0 Å². The van der Waals surface area contributed by atoms with Crippen LogP contribution in [0.1, 0.15) is 0 Å². The van der Waals surface area contributed by atoms with Gasteiger partial charge in [0.1, 0.15) is 0 Å². The summed E-state index contributed by atoms with van der Waals surface area (Å²) < 4.78 is 4.66. The Balaban J connectivity index is 1.09. The summed E-state index contributed by atoms with van der Waals surface area (Å²) in [5.41, 5.74) is 14.2. The molecule has 0 aliphatic heterocycles. The average molecular weight is 792 g/mol. The molecule has 0 atom stereocenters. The number of fused-ring (bicyclic) bond motifs is 7. The maximum Gasteiger partial charge on any atom is 0.238 e. The molecule has 12 rings (SSSR count). The lowest BCUT2D eigenvalue weighted by molar-refractivity contribution is 0.953. The normalized spacial score (nSPS) is 11.5. The first-order chi connectivity index (χ1) is 30.7. The van der Waals surface area contributed by atoms with Gasteiger partial charge in [-0.05, 0) is 63.7 Å². The first-order valence-corrected chi connectivity index (χ1v) is 20.9. The van der Waals surface area contributed by atoms with E-state index in [-0.39, 0.29) is 0 Å². The van der Waals surface area contributed by atoms with Gasteiger partial charge in [0.15, 0.2) is 11.6 Å². The smallest absolute Gasteiger partial charge is 0.238 e. The summed E-state index contributed by atoms with van der Waals surface area (Å²) in [5, 5.41) is 4.60. The summed E-state index contributed by atoms with van der Waals surface area (Å²) in [6.45, 7) is 0. The van der Waals surface area contributed by atoms with Gasteiger partial charge in [0, 0.05) is 38.4 Å². The van der Waals surface area contributed by atoms with Gasteiger partial charge in [0.25, 0.3) is 0 Å². The van der Waals surface area contributed by atoms with Gasteiger partial charge in [-0.2, -0.15) is 9.97 Å². The Bertz CT molecular complexity index is 3590. The molecule has 9 aromatic carbocycles. The zero-order valence-electron chi connectivity index (χ0n) is 33.6. The highest BCUT2D eigenvalue weighted by Crippen LogP contribution is 2.42. The fraction of sp³-hybridized carbons (Fsp3) is 0. The van der Waals surface area contributed by atoms with E-state index in [2.05, 4.69) is 209 Å². The van der Waals surface area contributed by atoms with Crippen LogP contribution in [0.15, 0.2) is 224 Å². The number of rotatable bonds is 7. The molecule has 3 heterocycles. The van der Waals surface area contributed by atoms with Crippen LogP contribution in [0.4, 0.5) is 0 Å². The molecule has 3 aromatic heterocycles. The highest BCUT2D eigenvalue weighted by molar-refractivity contribution is 6.23. The molecule has 0 unspecified atom stereocenters. The summed E-state index contributed by atoms with van der Waals surface area (Å²) in [5.74, 6) is 1.78. The first kappa shape index (κ1) is 35.5. The molecule has 0 amide bonds. The van der Waals surface area contributed by atoms with E-state index in [0.29, 0.717) is 17.6 Å². The van der Waals surface area contributed by atoms with Gasteiger partial charge in [-0.1, -0.05) is 194 Å². The molecule has 0 saturated carbocycles. The highest BCUT2D eigenvalue weighted by atomic mass is 15.2. The maximum absolute atomic E-state index is 5.34. The van der Waals surface area contributed by atoms with Gasteiger partial charge in [0.2, 0.25) is 5.95 Å². The largest absolute Gasteiger partial charge is 0.307 e. The third kappa shape index (κ3) is 5.98. The second-order valence-electron chi connectivity index (χ2n) is 15.6. The predicted molar refractivity (Wildman–Crippen MR) is 256 cm³/mol. The lowest BCUT2D eigenvalue weighted by Gasteiger charge is -2.14. The molecule has 0 aliphatic carbocycles. The number of hydrogen-bond donors (Lipinski definition) is 0. The van der Waals surface area contributed by atoms with Gasteiger partial charge < -0.3 is 4.57 Å². The molecule has 290 valence electrons. The second-order valence-corrected chi connectivity index (χ2v) is 15.6. The molecule has 62 heavy (non-hydrogen) atoms. The zero-order valence-corrected chi connectivity index (χ0v) is 33.6. The Labute approximate surface area is 358 Å². The van der Waals surface area contributed by atoms with Crippen LogP contribution in [-0.4, -0.2) is 24.1 Å². The van der Waals surface area contributed by atoms with Crippen LogP contribution in [0.25, 0.3) is 111 Å². The molecular weight excluding hydrogens is 755 g/mol. The van der Waals surface area contributed by atoms with Crippen molar-refractivity contribution < 1.29 is 0 Å². The number of nitrogens with zero attached hydrogens (tertiary/aromatic N) is 5. The minimum absolute atomic E-state index is 0.560. The molecule has 0 bridgehead atoms. The Kier molecular flexibility index (Phi) is 8.42. The van der Waals surface area contributed by atoms with Gasteiger partial charge in [0.05, 0.1) is 22.1 Å². The van der Waals surface area contributed by atoms with E-state index in [0.717, 1.165) is 71.7 Å². The molecule has 12 aromatic rings. The molecule has 0 spiro atoms. The molecular formula is C57H37N5. The van der Waals surface area contributed by atoms with Crippen LogP contribution in [0.2, 0.25) is 0 Å². The average Bonchev–Trinajstić information content (AvgIpc) is 3.88. The van der Waals surface area contributed by atoms with Crippen molar-refractivity contribution in [2.75, 3.05) is 0 Å². The zero-order chi connectivity index (χ0) is 41.0. The maximum atomic E-state index is 5.34. The van der Waals surface area contributed by atoms with E-state index in [1.807, 2.05) is 24.3 Å². The first-order valence-electron chi connectivity index (χ1n) is 20.9. The molecule has 5 heteroatoms. The van der Waals surface area contributed by atoms with Crippen molar-refractivity contribution in [2.24, 2.45) is 0 Å². The molecule has 0 fully saturated rings. The van der Waals surface area contributed by atoms with Crippen LogP contribution in [-0.2, 0) is 0 Å². The fourth-order valence-corrected chi connectivity index (χ4v) is 9.04. The third-order valence-electron chi connectivity index (χ3n) is 12.0. The molecule has 0 radical (unpaired) electrons. The van der Waals surface area contributed by atoms with Crippen LogP contribution >= 0.6 is 0 Å². The van der Waals surface area contributed by atoms with E-state index in [1.54, 1.807) is 0 Å². The van der Waals surface area contributed by atoms with Gasteiger partial charge in [-0.15, -0.1) is 0 Å². The number of hydrogen-bond acceptors (Lipinski definition) is 3. The monoisotopic (exact) mass is 791 g/mol. The molecule has 0 aliphatic rings. The van der Waals surface area contributed by atoms with E-state index >= 15 is 0 Å². The Hall–Kier alpha value is -8.41. The summed E-state index contributed by atoms with van der Waals surface area (Å²) in [6.07, 6.45) is 0. The molecule has 0 saturated heterocycles. The topological polar surface area (TPSA) is 48.5 Å². The van der Waals surface area contributed by atoms with Crippen LogP contribution in [0, 0.1) is 0 Å². The van der Waals surface area contributed by atoms with Crippen molar-refractivity contribution in [3.8, 4) is 67.8 Å². The minimum atomic E-state index is 0.560. The lowest BCUT2D eigenvalue weighted by Crippen LogP contribution is -2.07. The lowest BCUT2D eigenvalue weighted by atomic mass is 9.99. The van der Waals surface area contributed by atoms with E-state index < -0.39 is 0 Å². The SMILES string of the molecule is c1ccc(-c2ccc(-c3nc(-c4ccccc4)nc(-n4c5ccccc5c5ccc6c7ccccc7n(-c7ccc(-c8cccc(-c9ccccc9)c8)cc7)c6c54)n3)cc2)cc1. The Morgan fingerprint density at radius 3 is 1.23 bits per heavy atom.